The van der Waals surface area contributed by atoms with Crippen molar-refractivity contribution in [1.29, 1.82) is 0 Å². The summed E-state index contributed by atoms with van der Waals surface area (Å²) >= 11 is 6.86. The van der Waals surface area contributed by atoms with Crippen LogP contribution in [0.5, 0.6) is 0 Å². The molecule has 0 saturated heterocycles. The van der Waals surface area contributed by atoms with E-state index in [1.807, 2.05) is 17.8 Å². The van der Waals surface area contributed by atoms with Crippen molar-refractivity contribution in [2.24, 2.45) is 5.73 Å². The van der Waals surface area contributed by atoms with Gasteiger partial charge in [-0.2, -0.15) is 0 Å². The highest BCUT2D eigenvalue weighted by Gasteiger charge is 2.10. The van der Waals surface area contributed by atoms with Crippen LogP contribution in [-0.4, -0.2) is 10.7 Å². The lowest BCUT2D eigenvalue weighted by Crippen LogP contribution is -2.10. The molecule has 0 amide bonds. The molecule has 1 aliphatic rings. The normalized spacial score (nSPS) is 15.1. The molecule has 0 atom stereocenters. The summed E-state index contributed by atoms with van der Waals surface area (Å²) in [6, 6.07) is 6.27. The third kappa shape index (κ3) is 1.86. The minimum absolute atomic E-state index is 0.498. The van der Waals surface area contributed by atoms with Crippen LogP contribution in [0.1, 0.15) is 17.5 Å². The van der Waals surface area contributed by atoms with E-state index >= 15 is 0 Å². The number of hydrogen-bond acceptors (Lipinski definition) is 2. The predicted molar refractivity (Wildman–Crippen MR) is 61.4 cm³/mol. The van der Waals surface area contributed by atoms with Gasteiger partial charge in [-0.15, -0.1) is 11.8 Å². The van der Waals surface area contributed by atoms with E-state index in [0.717, 1.165) is 5.56 Å². The molecule has 1 aromatic rings. The van der Waals surface area contributed by atoms with E-state index in [2.05, 4.69) is 12.1 Å². The number of nitrogens with two attached hydrogens (primary N) is 1. The highest BCUT2D eigenvalue weighted by atomic mass is 32.2. The van der Waals surface area contributed by atoms with Crippen molar-refractivity contribution in [1.82, 2.24) is 0 Å². The van der Waals surface area contributed by atoms with Gasteiger partial charge in [0.25, 0.3) is 0 Å². The maximum atomic E-state index is 5.57. The van der Waals surface area contributed by atoms with Crippen LogP contribution in [0.4, 0.5) is 0 Å². The van der Waals surface area contributed by atoms with Gasteiger partial charge in [0.1, 0.15) is 4.99 Å². The van der Waals surface area contributed by atoms with Gasteiger partial charge in [0.15, 0.2) is 0 Å². The van der Waals surface area contributed by atoms with E-state index in [0.29, 0.717) is 4.99 Å². The maximum absolute atomic E-state index is 5.57. The van der Waals surface area contributed by atoms with E-state index in [4.69, 9.17) is 18.0 Å². The predicted octanol–water partition coefficient (Wildman–Crippen LogP) is 2.36. The van der Waals surface area contributed by atoms with Gasteiger partial charge in [-0.3, -0.25) is 0 Å². The van der Waals surface area contributed by atoms with Crippen LogP contribution in [0.3, 0.4) is 0 Å². The summed E-state index contributed by atoms with van der Waals surface area (Å²) in [5, 5.41) is 0. The number of benzene rings is 1. The zero-order valence-electron chi connectivity index (χ0n) is 7.25. The highest BCUT2D eigenvalue weighted by Crippen LogP contribution is 2.30. The summed E-state index contributed by atoms with van der Waals surface area (Å²) < 4.78 is 0. The lowest BCUT2D eigenvalue weighted by molar-refractivity contribution is 0.889. The summed E-state index contributed by atoms with van der Waals surface area (Å²) in [7, 11) is 0. The second-order valence-electron chi connectivity index (χ2n) is 3.14. The number of aryl methyl sites for hydroxylation is 1. The van der Waals surface area contributed by atoms with E-state index < -0.39 is 0 Å². The van der Waals surface area contributed by atoms with Crippen molar-refractivity contribution in [3.05, 3.63) is 29.3 Å². The van der Waals surface area contributed by atoms with E-state index in [9.17, 15) is 0 Å². The molecule has 2 rings (SSSR count). The van der Waals surface area contributed by atoms with Crippen LogP contribution in [-0.2, 0) is 6.42 Å². The Labute approximate surface area is 87.7 Å². The fourth-order valence-electron chi connectivity index (χ4n) is 1.51. The summed E-state index contributed by atoms with van der Waals surface area (Å²) in [6.07, 6.45) is 2.43. The molecule has 1 aromatic carbocycles. The molecule has 3 heteroatoms. The first kappa shape index (κ1) is 9.03. The van der Waals surface area contributed by atoms with Gasteiger partial charge in [0.05, 0.1) is 0 Å². The van der Waals surface area contributed by atoms with Gasteiger partial charge < -0.3 is 5.73 Å². The minimum atomic E-state index is 0.498. The second-order valence-corrected chi connectivity index (χ2v) is 4.72. The molecule has 0 aliphatic carbocycles. The average molecular weight is 209 g/mol. The third-order valence-electron chi connectivity index (χ3n) is 2.19. The van der Waals surface area contributed by atoms with Crippen molar-refractivity contribution < 1.29 is 0 Å². The van der Waals surface area contributed by atoms with Crippen LogP contribution >= 0.6 is 24.0 Å². The quantitative estimate of drug-likeness (QED) is 0.719. The van der Waals surface area contributed by atoms with Crippen molar-refractivity contribution in [3.8, 4) is 0 Å². The van der Waals surface area contributed by atoms with Gasteiger partial charge >= 0.3 is 0 Å². The Bertz CT molecular complexity index is 347. The third-order valence-corrected chi connectivity index (χ3v) is 3.63. The van der Waals surface area contributed by atoms with E-state index in [-0.39, 0.29) is 0 Å². The standard InChI is InChI=1S/C10H11NS2/c11-10(12)8-3-4-9-7(6-8)2-1-5-13-9/h3-4,6H,1-2,5H2,(H2,11,12). The zero-order chi connectivity index (χ0) is 9.26. The van der Waals surface area contributed by atoms with E-state index in [1.54, 1.807) is 0 Å². The molecule has 1 nitrogen and oxygen atoms in total. The van der Waals surface area contributed by atoms with Crippen molar-refractivity contribution >= 4 is 29.0 Å². The molecule has 13 heavy (non-hydrogen) atoms. The molecule has 0 bridgehead atoms. The summed E-state index contributed by atoms with van der Waals surface area (Å²) in [5.74, 6) is 1.24. The molecule has 0 aromatic heterocycles. The minimum Gasteiger partial charge on any atom is -0.389 e. The summed E-state index contributed by atoms with van der Waals surface area (Å²) in [6.45, 7) is 0. The molecule has 0 unspecified atom stereocenters. The summed E-state index contributed by atoms with van der Waals surface area (Å²) in [5.41, 5.74) is 7.97. The Kier molecular flexibility index (Phi) is 2.56. The SMILES string of the molecule is NC(=S)c1ccc2c(c1)CCCS2. The Morgan fingerprint density at radius 1 is 1.46 bits per heavy atom. The first-order chi connectivity index (χ1) is 6.27. The van der Waals surface area contributed by atoms with Crippen LogP contribution < -0.4 is 5.73 Å². The van der Waals surface area contributed by atoms with Crippen LogP contribution in [0.2, 0.25) is 0 Å². The Morgan fingerprint density at radius 3 is 3.08 bits per heavy atom. The van der Waals surface area contributed by atoms with Crippen molar-refractivity contribution in [2.45, 2.75) is 17.7 Å². The molecule has 2 N–H and O–H groups in total. The smallest absolute Gasteiger partial charge is 0.103 e. The van der Waals surface area contributed by atoms with Gasteiger partial charge in [0, 0.05) is 10.5 Å². The fraction of sp³-hybridized carbons (Fsp3) is 0.300. The number of thioether (sulfide) groups is 1. The Hall–Kier alpha value is -0.540. The van der Waals surface area contributed by atoms with Crippen LogP contribution in [0.25, 0.3) is 0 Å². The molecule has 1 aliphatic heterocycles. The number of hydrogen-bond donors (Lipinski definition) is 1. The largest absolute Gasteiger partial charge is 0.389 e. The summed E-state index contributed by atoms with van der Waals surface area (Å²) in [4.78, 5) is 1.89. The van der Waals surface area contributed by atoms with Gasteiger partial charge in [0.2, 0.25) is 0 Å². The molecule has 0 saturated carbocycles. The lowest BCUT2D eigenvalue weighted by Gasteiger charge is -2.15. The number of rotatable bonds is 1. The molecule has 0 radical (unpaired) electrons. The van der Waals surface area contributed by atoms with Crippen molar-refractivity contribution in [3.63, 3.8) is 0 Å². The average Bonchev–Trinajstić information content (AvgIpc) is 2.17. The monoisotopic (exact) mass is 209 g/mol. The Balaban J connectivity index is 2.40. The van der Waals surface area contributed by atoms with Gasteiger partial charge in [-0.05, 0) is 36.3 Å². The van der Waals surface area contributed by atoms with E-state index in [1.165, 1.54) is 29.1 Å². The van der Waals surface area contributed by atoms with Crippen LogP contribution in [0.15, 0.2) is 23.1 Å². The number of thiocarbonyl (C=S) groups is 1. The number of fused-ring (bicyclic) bond motifs is 1. The molecular formula is C10H11NS2. The fourth-order valence-corrected chi connectivity index (χ4v) is 2.66. The van der Waals surface area contributed by atoms with Crippen molar-refractivity contribution in [2.75, 3.05) is 5.75 Å². The van der Waals surface area contributed by atoms with Gasteiger partial charge in [-0.1, -0.05) is 18.3 Å². The molecule has 1 heterocycles. The molecule has 0 spiro atoms. The zero-order valence-corrected chi connectivity index (χ0v) is 8.88. The Morgan fingerprint density at radius 2 is 2.31 bits per heavy atom. The molecular weight excluding hydrogens is 198 g/mol. The molecule has 0 fully saturated rings. The molecule has 68 valence electrons. The maximum Gasteiger partial charge on any atom is 0.103 e. The lowest BCUT2D eigenvalue weighted by atomic mass is 10.1. The second kappa shape index (κ2) is 3.68. The van der Waals surface area contributed by atoms with Crippen LogP contribution in [0, 0.1) is 0 Å². The highest BCUT2D eigenvalue weighted by molar-refractivity contribution is 7.99. The first-order valence-corrected chi connectivity index (χ1v) is 5.72. The van der Waals surface area contributed by atoms with Gasteiger partial charge in [-0.25, -0.2) is 0 Å². The topological polar surface area (TPSA) is 26.0 Å². The first-order valence-electron chi connectivity index (χ1n) is 4.33.